The summed E-state index contributed by atoms with van der Waals surface area (Å²) in [5.74, 6) is -0.293. The minimum absolute atomic E-state index is 0.0772. The summed E-state index contributed by atoms with van der Waals surface area (Å²) in [4.78, 5) is 12.6. The van der Waals surface area contributed by atoms with Crippen LogP contribution in [0.4, 0.5) is 0 Å². The number of rotatable bonds is 6. The van der Waals surface area contributed by atoms with E-state index in [4.69, 9.17) is 0 Å². The Morgan fingerprint density at radius 2 is 1.85 bits per heavy atom. The Hall–Kier alpha value is -2.15. The molecule has 3 rings (SSSR count). The van der Waals surface area contributed by atoms with Crippen molar-refractivity contribution in [2.75, 3.05) is 0 Å². The van der Waals surface area contributed by atoms with E-state index in [0.717, 1.165) is 36.9 Å². The number of aromatic nitrogens is 2. The van der Waals surface area contributed by atoms with E-state index in [1.54, 1.807) is 18.2 Å². The van der Waals surface area contributed by atoms with Crippen molar-refractivity contribution in [3.8, 4) is 0 Å². The molecule has 0 aliphatic heterocycles. The third kappa shape index (κ3) is 4.40. The summed E-state index contributed by atoms with van der Waals surface area (Å²) in [5, 5.41) is 4.40. The number of nitrogens with zero attached hydrogens (tertiary/aromatic N) is 2. The molecule has 7 heteroatoms. The van der Waals surface area contributed by atoms with Gasteiger partial charge in [0.1, 0.15) is 0 Å². The first-order chi connectivity index (χ1) is 12.6. The molecule has 1 heterocycles. The van der Waals surface area contributed by atoms with E-state index in [0.29, 0.717) is 5.92 Å². The fourth-order valence-electron chi connectivity index (χ4n) is 3.07. The van der Waals surface area contributed by atoms with Crippen molar-refractivity contribution in [3.63, 3.8) is 0 Å². The van der Waals surface area contributed by atoms with Crippen LogP contribution in [-0.4, -0.2) is 24.1 Å². The number of amides is 1. The minimum Gasteiger partial charge on any atom is -0.266 e. The van der Waals surface area contributed by atoms with E-state index in [1.807, 2.05) is 25.5 Å². The van der Waals surface area contributed by atoms with Gasteiger partial charge in [0.25, 0.3) is 15.9 Å². The lowest BCUT2D eigenvalue weighted by atomic mass is 10.1. The van der Waals surface area contributed by atoms with Crippen molar-refractivity contribution in [3.05, 3.63) is 47.3 Å². The zero-order valence-corrected chi connectivity index (χ0v) is 17.1. The van der Waals surface area contributed by atoms with Crippen LogP contribution in [0.15, 0.2) is 35.2 Å². The van der Waals surface area contributed by atoms with E-state index in [9.17, 15) is 13.2 Å². The van der Waals surface area contributed by atoms with Gasteiger partial charge in [-0.1, -0.05) is 25.5 Å². The summed E-state index contributed by atoms with van der Waals surface area (Å²) in [6, 6.07) is 8.34. The Bertz CT molecular complexity index is 934. The lowest BCUT2D eigenvalue weighted by Gasteiger charge is -2.22. The van der Waals surface area contributed by atoms with Crippen LogP contribution < -0.4 is 4.72 Å². The van der Waals surface area contributed by atoms with Crippen LogP contribution in [0.2, 0.25) is 0 Å². The van der Waals surface area contributed by atoms with E-state index < -0.39 is 15.9 Å². The van der Waals surface area contributed by atoms with Gasteiger partial charge in [-0.2, -0.15) is 5.10 Å². The van der Waals surface area contributed by atoms with Crippen molar-refractivity contribution in [1.82, 2.24) is 14.5 Å². The number of benzene rings is 1. The first-order valence-electron chi connectivity index (χ1n) is 9.38. The molecule has 1 aliphatic rings. The van der Waals surface area contributed by atoms with Crippen LogP contribution in [0.25, 0.3) is 0 Å². The molecule has 0 atom stereocenters. The van der Waals surface area contributed by atoms with Gasteiger partial charge in [0.15, 0.2) is 5.69 Å². The highest BCUT2D eigenvalue weighted by Gasteiger charge is 2.33. The fourth-order valence-corrected chi connectivity index (χ4v) is 4.03. The second kappa shape index (κ2) is 7.11. The maximum absolute atomic E-state index is 12.6. The maximum atomic E-state index is 12.6. The van der Waals surface area contributed by atoms with Crippen LogP contribution in [0.3, 0.4) is 0 Å². The van der Waals surface area contributed by atoms with E-state index in [-0.39, 0.29) is 16.1 Å². The minimum atomic E-state index is -3.93. The lowest BCUT2D eigenvalue weighted by Crippen LogP contribution is -2.31. The Balaban J connectivity index is 1.82. The number of hydrogen-bond donors (Lipinski definition) is 1. The van der Waals surface area contributed by atoms with Gasteiger partial charge in [0, 0.05) is 11.6 Å². The van der Waals surface area contributed by atoms with Crippen LogP contribution in [0.5, 0.6) is 0 Å². The maximum Gasteiger partial charge on any atom is 0.285 e. The molecule has 1 aliphatic carbocycles. The molecule has 1 amide bonds. The number of carbonyl (C=O) groups excluding carboxylic acids is 1. The average molecular weight is 390 g/mol. The number of nitrogens with one attached hydrogen (secondary N) is 1. The molecule has 0 radical (unpaired) electrons. The Morgan fingerprint density at radius 1 is 1.22 bits per heavy atom. The molecule has 0 spiro atoms. The SMILES string of the molecule is CCCc1ccc(S(=O)(=O)NC(=O)c2cc(C3CC3)n(C(C)(C)C)n2)cc1. The monoisotopic (exact) mass is 389 g/mol. The highest BCUT2D eigenvalue weighted by atomic mass is 32.2. The van der Waals surface area contributed by atoms with Crippen LogP contribution in [0.1, 0.15) is 74.6 Å². The zero-order valence-electron chi connectivity index (χ0n) is 16.3. The smallest absolute Gasteiger partial charge is 0.266 e. The normalized spacial score (nSPS) is 15.0. The van der Waals surface area contributed by atoms with Gasteiger partial charge in [-0.15, -0.1) is 0 Å². The highest BCUT2D eigenvalue weighted by molar-refractivity contribution is 7.90. The van der Waals surface area contributed by atoms with Gasteiger partial charge in [0.2, 0.25) is 0 Å². The molecule has 1 aromatic carbocycles. The molecular formula is C20H27N3O3S. The van der Waals surface area contributed by atoms with Gasteiger partial charge in [-0.3, -0.25) is 9.48 Å². The summed E-state index contributed by atoms with van der Waals surface area (Å²) in [7, 11) is -3.93. The predicted molar refractivity (Wildman–Crippen MR) is 104 cm³/mol. The van der Waals surface area contributed by atoms with Crippen molar-refractivity contribution >= 4 is 15.9 Å². The third-order valence-corrected chi connectivity index (χ3v) is 5.95. The summed E-state index contributed by atoms with van der Waals surface area (Å²) >= 11 is 0. The average Bonchev–Trinajstić information content (AvgIpc) is 3.32. The van der Waals surface area contributed by atoms with Crippen molar-refractivity contribution in [1.29, 1.82) is 0 Å². The summed E-state index contributed by atoms with van der Waals surface area (Å²) in [6.45, 7) is 8.12. The topological polar surface area (TPSA) is 81.1 Å². The Labute approximate surface area is 161 Å². The van der Waals surface area contributed by atoms with Crippen molar-refractivity contribution in [2.45, 2.75) is 69.7 Å². The van der Waals surface area contributed by atoms with E-state index >= 15 is 0 Å². The number of carbonyl (C=O) groups is 1. The third-order valence-electron chi connectivity index (χ3n) is 4.60. The quantitative estimate of drug-likeness (QED) is 0.819. The first kappa shape index (κ1) is 19.6. The molecule has 1 aromatic heterocycles. The standard InChI is InChI=1S/C20H27N3O3S/c1-5-6-14-7-11-16(12-8-14)27(25,26)22-19(24)17-13-18(15-9-10-15)23(21-17)20(2,3)4/h7-8,11-13,15H,5-6,9-10H2,1-4H3,(H,22,24). The van der Waals surface area contributed by atoms with Gasteiger partial charge in [-0.25, -0.2) is 13.1 Å². The largest absolute Gasteiger partial charge is 0.285 e. The molecule has 1 saturated carbocycles. The van der Waals surface area contributed by atoms with Gasteiger partial charge in [-0.05, 0) is 63.8 Å². The number of hydrogen-bond acceptors (Lipinski definition) is 4. The fraction of sp³-hybridized carbons (Fsp3) is 0.500. The zero-order chi connectivity index (χ0) is 19.8. The second-order valence-corrected chi connectivity index (χ2v) is 9.82. The highest BCUT2D eigenvalue weighted by Crippen LogP contribution is 2.41. The lowest BCUT2D eigenvalue weighted by molar-refractivity contribution is 0.0975. The van der Waals surface area contributed by atoms with Gasteiger partial charge < -0.3 is 0 Å². The molecular weight excluding hydrogens is 362 g/mol. The van der Waals surface area contributed by atoms with Gasteiger partial charge in [0.05, 0.1) is 10.4 Å². The molecule has 1 fully saturated rings. The number of aryl methyl sites for hydroxylation is 1. The van der Waals surface area contributed by atoms with Crippen LogP contribution >= 0.6 is 0 Å². The van der Waals surface area contributed by atoms with E-state index in [1.165, 1.54) is 12.1 Å². The molecule has 0 saturated heterocycles. The van der Waals surface area contributed by atoms with E-state index in [2.05, 4.69) is 16.7 Å². The molecule has 0 unspecified atom stereocenters. The second-order valence-electron chi connectivity index (χ2n) is 8.14. The molecule has 146 valence electrons. The van der Waals surface area contributed by atoms with Crippen LogP contribution in [-0.2, 0) is 22.0 Å². The molecule has 6 nitrogen and oxygen atoms in total. The summed E-state index contributed by atoms with van der Waals surface area (Å²) < 4.78 is 29.1. The molecule has 0 bridgehead atoms. The summed E-state index contributed by atoms with van der Waals surface area (Å²) in [6.07, 6.45) is 4.03. The molecule has 27 heavy (non-hydrogen) atoms. The first-order valence-corrected chi connectivity index (χ1v) is 10.9. The predicted octanol–water partition coefficient (Wildman–Crippen LogP) is 3.59. The Morgan fingerprint density at radius 3 is 2.37 bits per heavy atom. The van der Waals surface area contributed by atoms with Crippen molar-refractivity contribution < 1.29 is 13.2 Å². The Kier molecular flexibility index (Phi) is 5.16. The molecule has 2 aromatic rings. The van der Waals surface area contributed by atoms with Crippen LogP contribution in [0, 0.1) is 0 Å². The molecule has 1 N–H and O–H groups in total. The van der Waals surface area contributed by atoms with Crippen molar-refractivity contribution in [2.24, 2.45) is 0 Å². The number of sulfonamides is 1. The summed E-state index contributed by atoms with van der Waals surface area (Å²) in [5.41, 5.74) is 1.93. The van der Waals surface area contributed by atoms with Gasteiger partial charge >= 0.3 is 0 Å².